The van der Waals surface area contributed by atoms with E-state index >= 15 is 0 Å². The van der Waals surface area contributed by atoms with Crippen molar-refractivity contribution in [3.05, 3.63) is 23.3 Å². The molecule has 7 aliphatic rings. The second-order valence-electron chi connectivity index (χ2n) is 13.8. The molecule has 1 saturated heterocycles. The maximum Gasteiger partial charge on any atom is 0.165 e. The van der Waals surface area contributed by atoms with Crippen molar-refractivity contribution < 1.29 is 19.7 Å². The van der Waals surface area contributed by atoms with E-state index in [4.69, 9.17) is 9.47 Å². The Morgan fingerprint density at radius 2 is 1.91 bits per heavy atom. The van der Waals surface area contributed by atoms with Gasteiger partial charge in [0.1, 0.15) is 11.7 Å². The molecule has 2 N–H and O–H groups in total. The van der Waals surface area contributed by atoms with Crippen LogP contribution < -0.4 is 4.74 Å². The van der Waals surface area contributed by atoms with E-state index in [0.29, 0.717) is 11.8 Å². The fourth-order valence-corrected chi connectivity index (χ4v) is 9.58. The molecule has 4 saturated carbocycles. The predicted molar refractivity (Wildman–Crippen MR) is 130 cm³/mol. The molecule has 5 aliphatic carbocycles. The molecule has 7 atom stereocenters. The van der Waals surface area contributed by atoms with E-state index in [1.165, 1.54) is 30.5 Å². The number of fused-ring (bicyclic) bond motifs is 2. The third-order valence-electron chi connectivity index (χ3n) is 11.9. The molecule has 5 fully saturated rings. The Morgan fingerprint density at radius 3 is 2.59 bits per heavy atom. The number of ether oxygens (including phenoxy) is 2. The lowest BCUT2D eigenvalue weighted by molar-refractivity contribution is -0.312. The fraction of sp³-hybridized carbons (Fsp3) is 0.793. The smallest absolute Gasteiger partial charge is 0.165 e. The van der Waals surface area contributed by atoms with Crippen LogP contribution in [0.3, 0.4) is 0 Å². The molecule has 5 heteroatoms. The minimum absolute atomic E-state index is 0.0294. The molecule has 0 amide bonds. The van der Waals surface area contributed by atoms with Crippen LogP contribution in [-0.4, -0.2) is 58.7 Å². The quantitative estimate of drug-likeness (QED) is 0.687. The molecule has 0 unspecified atom stereocenters. The number of aliphatic hydroxyl groups is 1. The Kier molecular flexibility index (Phi) is 4.08. The van der Waals surface area contributed by atoms with Crippen molar-refractivity contribution in [1.29, 1.82) is 0 Å². The van der Waals surface area contributed by atoms with Gasteiger partial charge in [0, 0.05) is 42.0 Å². The number of hydrogen-bond donors (Lipinski definition) is 2. The van der Waals surface area contributed by atoms with Crippen LogP contribution in [0.5, 0.6) is 11.5 Å². The lowest BCUT2D eigenvalue weighted by Crippen LogP contribution is -2.83. The molecular formula is C29H41NO4. The van der Waals surface area contributed by atoms with Gasteiger partial charge in [-0.2, -0.15) is 0 Å². The standard InChI is InChI=1S/C29H41NO4/c1-25(2,3)26(4,32)20-15-27-10-11-29(20,33-5)24-28(27)12-13-30(16-17-6-7-17)21(27)14-18-8-9-19(31)23(34-24)22(18)28/h8-9,17,20-21,24,31-32H,6-7,10-16H2,1-5H3/t20-,21-,24-,26+,27+,28+,29+/m1/s1. The number of phenols is 1. The van der Waals surface area contributed by atoms with E-state index in [1.54, 1.807) is 0 Å². The third kappa shape index (κ3) is 2.25. The summed E-state index contributed by atoms with van der Waals surface area (Å²) in [6.07, 6.45) is 7.64. The molecule has 2 spiro atoms. The maximum absolute atomic E-state index is 12.2. The number of phenolic OH excluding ortho intramolecular Hbond substituents is 1. The first kappa shape index (κ1) is 21.9. The molecule has 1 aromatic carbocycles. The maximum atomic E-state index is 12.2. The average Bonchev–Trinajstić information content (AvgIpc) is 3.53. The predicted octanol–water partition coefficient (Wildman–Crippen LogP) is 4.41. The van der Waals surface area contributed by atoms with Crippen molar-refractivity contribution in [2.24, 2.45) is 22.7 Å². The van der Waals surface area contributed by atoms with Gasteiger partial charge in [-0.3, -0.25) is 4.90 Å². The summed E-state index contributed by atoms with van der Waals surface area (Å²) in [6, 6.07) is 4.46. The lowest BCUT2D eigenvalue weighted by Gasteiger charge is -2.75. The van der Waals surface area contributed by atoms with Crippen LogP contribution in [0.4, 0.5) is 0 Å². The molecule has 186 valence electrons. The Morgan fingerprint density at radius 1 is 1.15 bits per heavy atom. The summed E-state index contributed by atoms with van der Waals surface area (Å²) in [4.78, 5) is 2.82. The Labute approximate surface area is 203 Å². The van der Waals surface area contributed by atoms with Gasteiger partial charge in [0.05, 0.1) is 5.60 Å². The Balaban J connectivity index is 1.47. The molecule has 4 bridgehead atoms. The van der Waals surface area contributed by atoms with Crippen molar-refractivity contribution in [3.8, 4) is 11.5 Å². The van der Waals surface area contributed by atoms with Gasteiger partial charge in [0.15, 0.2) is 11.5 Å². The van der Waals surface area contributed by atoms with Gasteiger partial charge in [-0.1, -0.05) is 26.8 Å². The van der Waals surface area contributed by atoms with Gasteiger partial charge in [0.25, 0.3) is 0 Å². The first-order valence-electron chi connectivity index (χ1n) is 13.6. The van der Waals surface area contributed by atoms with Crippen LogP contribution in [0.15, 0.2) is 12.1 Å². The number of rotatable bonds is 4. The highest BCUT2D eigenvalue weighted by Gasteiger charge is 2.82. The Hall–Kier alpha value is -1.30. The highest BCUT2D eigenvalue weighted by molar-refractivity contribution is 5.63. The first-order chi connectivity index (χ1) is 16.0. The summed E-state index contributed by atoms with van der Waals surface area (Å²) in [5.74, 6) is 1.80. The molecule has 5 nitrogen and oxygen atoms in total. The van der Waals surface area contributed by atoms with E-state index in [1.807, 2.05) is 20.1 Å². The molecule has 0 radical (unpaired) electrons. The Bertz CT molecular complexity index is 1060. The van der Waals surface area contributed by atoms with E-state index in [2.05, 4.69) is 31.7 Å². The highest BCUT2D eigenvalue weighted by atomic mass is 16.6. The number of methoxy groups -OCH3 is 1. The second-order valence-corrected chi connectivity index (χ2v) is 13.8. The van der Waals surface area contributed by atoms with E-state index < -0.39 is 11.2 Å². The van der Waals surface area contributed by atoms with Crippen LogP contribution >= 0.6 is 0 Å². The molecule has 1 aromatic rings. The molecule has 0 aromatic heterocycles. The lowest BCUT2D eigenvalue weighted by atomic mass is 9.33. The van der Waals surface area contributed by atoms with Crippen molar-refractivity contribution >= 4 is 0 Å². The summed E-state index contributed by atoms with van der Waals surface area (Å²) >= 11 is 0. The molecule has 34 heavy (non-hydrogen) atoms. The van der Waals surface area contributed by atoms with Gasteiger partial charge < -0.3 is 19.7 Å². The number of nitrogens with zero attached hydrogens (tertiary/aromatic N) is 1. The summed E-state index contributed by atoms with van der Waals surface area (Å²) in [6.45, 7) is 10.8. The van der Waals surface area contributed by atoms with Crippen LogP contribution in [0, 0.1) is 22.7 Å². The van der Waals surface area contributed by atoms with E-state index in [-0.39, 0.29) is 34.0 Å². The normalized spacial score (nSPS) is 43.9. The number of likely N-dealkylation sites (tertiary alicyclic amines) is 1. The van der Waals surface area contributed by atoms with Crippen molar-refractivity contribution in [1.82, 2.24) is 4.90 Å². The summed E-state index contributed by atoms with van der Waals surface area (Å²) in [5, 5.41) is 23.2. The van der Waals surface area contributed by atoms with Crippen molar-refractivity contribution in [2.75, 3.05) is 20.2 Å². The fourth-order valence-electron chi connectivity index (χ4n) is 9.58. The van der Waals surface area contributed by atoms with Crippen LogP contribution in [-0.2, 0) is 16.6 Å². The highest BCUT2D eigenvalue weighted by Crippen LogP contribution is 2.78. The molecule has 2 heterocycles. The van der Waals surface area contributed by atoms with Gasteiger partial charge in [-0.05, 0) is 81.4 Å². The van der Waals surface area contributed by atoms with Crippen LogP contribution in [0.2, 0.25) is 0 Å². The van der Waals surface area contributed by atoms with E-state index in [9.17, 15) is 10.2 Å². The zero-order valence-corrected chi connectivity index (χ0v) is 21.5. The minimum Gasteiger partial charge on any atom is -0.504 e. The zero-order chi connectivity index (χ0) is 23.9. The number of benzene rings is 1. The number of aromatic hydroxyl groups is 1. The second kappa shape index (κ2) is 6.33. The van der Waals surface area contributed by atoms with Crippen molar-refractivity contribution in [2.45, 2.75) is 101 Å². The average molecular weight is 468 g/mol. The van der Waals surface area contributed by atoms with Gasteiger partial charge in [-0.25, -0.2) is 0 Å². The summed E-state index contributed by atoms with van der Waals surface area (Å²) in [7, 11) is 1.83. The van der Waals surface area contributed by atoms with Gasteiger partial charge in [-0.15, -0.1) is 0 Å². The topological polar surface area (TPSA) is 62.2 Å². The summed E-state index contributed by atoms with van der Waals surface area (Å²) in [5.41, 5.74) is 0.783. The minimum atomic E-state index is -0.909. The third-order valence-corrected chi connectivity index (χ3v) is 11.9. The largest absolute Gasteiger partial charge is 0.504 e. The number of hydrogen-bond acceptors (Lipinski definition) is 5. The summed E-state index contributed by atoms with van der Waals surface area (Å²) < 4.78 is 13.5. The zero-order valence-electron chi connectivity index (χ0n) is 21.5. The SMILES string of the molecule is CO[C@@]12CC[C@]3(C[C@@H]1[C@](C)(O)C(C)(C)C)[C@H]1Cc4ccc(O)c5c4[C@@]3(CCN1CC1CC1)[C@H]2O5. The van der Waals surface area contributed by atoms with Gasteiger partial charge in [0.2, 0.25) is 0 Å². The monoisotopic (exact) mass is 467 g/mol. The van der Waals surface area contributed by atoms with E-state index in [0.717, 1.165) is 44.6 Å². The van der Waals surface area contributed by atoms with Crippen LogP contribution in [0.1, 0.15) is 77.3 Å². The van der Waals surface area contributed by atoms with Crippen molar-refractivity contribution in [3.63, 3.8) is 0 Å². The molecule has 8 rings (SSSR count). The molecule has 2 aliphatic heterocycles. The first-order valence-corrected chi connectivity index (χ1v) is 13.6. The van der Waals surface area contributed by atoms with Gasteiger partial charge >= 0.3 is 0 Å². The number of piperidine rings is 1. The molecular weight excluding hydrogens is 426 g/mol. The van der Waals surface area contributed by atoms with Crippen LogP contribution in [0.25, 0.3) is 0 Å².